The Hall–Kier alpha value is -4.00. The molecule has 2 aliphatic heterocycles. The van der Waals surface area contributed by atoms with Crippen molar-refractivity contribution >= 4 is 27.8 Å². The third-order valence-electron chi connectivity index (χ3n) is 7.16. The van der Waals surface area contributed by atoms with Crippen LogP contribution >= 0.6 is 0 Å². The van der Waals surface area contributed by atoms with Gasteiger partial charge in [-0.05, 0) is 37.8 Å². The number of rotatable bonds is 9. The van der Waals surface area contributed by atoms with Gasteiger partial charge < -0.3 is 14.5 Å². The molecule has 2 saturated heterocycles. The Balaban J connectivity index is 1.30. The van der Waals surface area contributed by atoms with Crippen molar-refractivity contribution in [3.63, 3.8) is 0 Å². The van der Waals surface area contributed by atoms with E-state index in [-0.39, 0.29) is 41.1 Å². The van der Waals surface area contributed by atoms with Crippen LogP contribution in [-0.4, -0.2) is 82.1 Å². The summed E-state index contributed by atoms with van der Waals surface area (Å²) in [6.45, 7) is 5.82. The van der Waals surface area contributed by atoms with Gasteiger partial charge in [0.2, 0.25) is 23.6 Å². The molecule has 1 aromatic carbocycles. The molecule has 0 saturated carbocycles. The van der Waals surface area contributed by atoms with E-state index in [2.05, 4.69) is 19.8 Å². The van der Waals surface area contributed by atoms with Crippen LogP contribution in [0.1, 0.15) is 36.8 Å². The molecule has 3 aromatic rings. The number of ether oxygens (including phenoxy) is 1. The number of hydrogen-bond donors (Lipinski definition) is 1. The van der Waals surface area contributed by atoms with E-state index in [1.54, 1.807) is 22.9 Å². The van der Waals surface area contributed by atoms with Crippen LogP contribution in [0.2, 0.25) is 0 Å². The van der Waals surface area contributed by atoms with E-state index < -0.39 is 10.0 Å². The zero-order valence-electron chi connectivity index (χ0n) is 22.8. The molecule has 5 rings (SSSR count). The number of piperidine rings is 1. The molecule has 40 heavy (non-hydrogen) atoms. The lowest BCUT2D eigenvalue weighted by Crippen LogP contribution is -2.56. The first-order valence-electron chi connectivity index (χ1n) is 13.3. The lowest BCUT2D eigenvalue weighted by Gasteiger charge is -2.39. The van der Waals surface area contributed by atoms with Gasteiger partial charge in [-0.2, -0.15) is 10.1 Å². The molecule has 2 fully saturated rings. The lowest BCUT2D eigenvalue weighted by atomic mass is 10.00. The van der Waals surface area contributed by atoms with E-state index in [9.17, 15) is 18.0 Å². The number of benzene rings is 1. The largest absolute Gasteiger partial charge is 0.470 e. The molecular weight excluding hydrogens is 534 g/mol. The first-order valence-corrected chi connectivity index (χ1v) is 14.8. The van der Waals surface area contributed by atoms with Crippen molar-refractivity contribution < 1.29 is 22.7 Å². The number of likely N-dealkylation sites (tertiary alicyclic amines) is 2. The van der Waals surface area contributed by atoms with Gasteiger partial charge in [0.15, 0.2) is 0 Å². The summed E-state index contributed by atoms with van der Waals surface area (Å²) in [5.74, 6) is 0.161. The summed E-state index contributed by atoms with van der Waals surface area (Å²) >= 11 is 0. The van der Waals surface area contributed by atoms with Gasteiger partial charge in [-0.3, -0.25) is 14.3 Å². The number of carbonyl (C=O) groups excluding carboxylic acids is 2. The van der Waals surface area contributed by atoms with Crippen LogP contribution in [0.15, 0.2) is 41.6 Å². The molecule has 2 amide bonds. The predicted molar refractivity (Wildman–Crippen MR) is 147 cm³/mol. The van der Waals surface area contributed by atoms with Crippen LogP contribution in [0.4, 0.5) is 5.95 Å². The molecule has 1 N–H and O–H groups in total. The smallest absolute Gasteiger partial charge is 0.267 e. The molecular formula is C27H33N7O5S. The zero-order chi connectivity index (χ0) is 28.4. The van der Waals surface area contributed by atoms with Gasteiger partial charge in [0.25, 0.3) is 10.0 Å². The van der Waals surface area contributed by atoms with Gasteiger partial charge in [-0.25, -0.2) is 18.1 Å². The summed E-state index contributed by atoms with van der Waals surface area (Å²) in [5, 5.41) is 3.93. The Labute approximate surface area is 233 Å². The number of nitrogens with one attached hydrogen (secondary N) is 1. The van der Waals surface area contributed by atoms with Crippen molar-refractivity contribution in [3.05, 3.63) is 47.8 Å². The van der Waals surface area contributed by atoms with Gasteiger partial charge >= 0.3 is 0 Å². The summed E-state index contributed by atoms with van der Waals surface area (Å²) in [7, 11) is -2.36. The lowest BCUT2D eigenvalue weighted by molar-refractivity contribution is -0.141. The molecule has 2 aromatic heterocycles. The van der Waals surface area contributed by atoms with Gasteiger partial charge in [0.1, 0.15) is 11.0 Å². The number of carbonyl (C=O) groups is 2. The zero-order valence-corrected chi connectivity index (χ0v) is 23.6. The van der Waals surface area contributed by atoms with Crippen molar-refractivity contribution in [3.8, 4) is 17.1 Å². The molecule has 212 valence electrons. The van der Waals surface area contributed by atoms with Gasteiger partial charge in [-0.1, -0.05) is 18.2 Å². The van der Waals surface area contributed by atoms with Crippen molar-refractivity contribution in [2.45, 2.75) is 50.5 Å². The third-order valence-corrected chi connectivity index (χ3v) is 8.44. The highest BCUT2D eigenvalue weighted by molar-refractivity contribution is 7.92. The fraction of sp³-hybridized carbons (Fsp3) is 0.444. The Bertz CT molecular complexity index is 1510. The highest BCUT2D eigenvalue weighted by Crippen LogP contribution is 2.30. The maximum absolute atomic E-state index is 13.0. The summed E-state index contributed by atoms with van der Waals surface area (Å²) in [6.07, 6.45) is 5.05. The molecule has 0 radical (unpaired) electrons. The predicted octanol–water partition coefficient (Wildman–Crippen LogP) is 2.29. The Kier molecular flexibility index (Phi) is 7.74. The first-order chi connectivity index (χ1) is 19.1. The minimum Gasteiger partial charge on any atom is -0.470 e. The second-order valence-corrected chi connectivity index (χ2v) is 11.9. The van der Waals surface area contributed by atoms with Crippen molar-refractivity contribution in [1.29, 1.82) is 0 Å². The van der Waals surface area contributed by atoms with Gasteiger partial charge in [-0.15, -0.1) is 0 Å². The fourth-order valence-corrected chi connectivity index (χ4v) is 5.89. The summed E-state index contributed by atoms with van der Waals surface area (Å²) < 4.78 is 35.8. The maximum Gasteiger partial charge on any atom is 0.267 e. The Morgan fingerprint density at radius 3 is 2.58 bits per heavy atom. The van der Waals surface area contributed by atoms with E-state index in [0.29, 0.717) is 38.3 Å². The standard InChI is InChI=1S/C27H33N7O5S/c1-18-7-6-8-19(2)26(18)22-13-23(30-27(29-22)31-40(37,38)21-14-28-32(3)17-21)39-20-15-34(16-20)25(36)10-12-33-11-5-4-9-24(33)35/h6-8,13-14,17,20H,4-5,9-12,15-16H2,1-3H3,(H,29,30,31). The van der Waals surface area contributed by atoms with Gasteiger partial charge in [0, 0.05) is 50.8 Å². The van der Waals surface area contributed by atoms with Crippen LogP contribution in [0.25, 0.3) is 11.3 Å². The molecule has 0 bridgehead atoms. The van der Waals surface area contributed by atoms with Crippen molar-refractivity contribution in [2.75, 3.05) is 30.9 Å². The molecule has 0 spiro atoms. The number of anilines is 1. The monoisotopic (exact) mass is 567 g/mol. The summed E-state index contributed by atoms with van der Waals surface area (Å²) in [4.78, 5) is 36.9. The number of amides is 2. The molecule has 2 aliphatic rings. The number of hydrogen-bond acceptors (Lipinski definition) is 8. The average molecular weight is 568 g/mol. The SMILES string of the molecule is Cc1cccc(C)c1-c1cc(OC2CN(C(=O)CCN3CCCCC3=O)C2)nc(NS(=O)(=O)c2cnn(C)c2)n1. The van der Waals surface area contributed by atoms with Crippen LogP contribution in [0, 0.1) is 13.8 Å². The highest BCUT2D eigenvalue weighted by Gasteiger charge is 2.33. The van der Waals surface area contributed by atoms with Crippen LogP contribution in [0.5, 0.6) is 5.88 Å². The maximum atomic E-state index is 13.0. The fourth-order valence-electron chi connectivity index (χ4n) is 4.97. The molecule has 13 heteroatoms. The van der Waals surface area contributed by atoms with E-state index in [4.69, 9.17) is 4.74 Å². The Morgan fingerprint density at radius 1 is 1.15 bits per heavy atom. The third kappa shape index (κ3) is 6.09. The van der Waals surface area contributed by atoms with E-state index >= 15 is 0 Å². The van der Waals surface area contributed by atoms with Gasteiger partial charge in [0.05, 0.1) is 25.0 Å². The number of aromatic nitrogens is 4. The molecule has 12 nitrogen and oxygen atoms in total. The van der Waals surface area contributed by atoms with Crippen molar-refractivity contribution in [2.24, 2.45) is 7.05 Å². The first kappa shape index (κ1) is 27.6. The average Bonchev–Trinajstić information content (AvgIpc) is 3.32. The van der Waals surface area contributed by atoms with Crippen LogP contribution in [-0.2, 0) is 26.7 Å². The summed E-state index contributed by atoms with van der Waals surface area (Å²) in [6, 6.07) is 7.54. The molecule has 0 atom stereocenters. The normalized spacial score (nSPS) is 16.1. The molecule has 0 aliphatic carbocycles. The second-order valence-electron chi connectivity index (χ2n) is 10.3. The number of aryl methyl sites for hydroxylation is 3. The quantitative estimate of drug-likeness (QED) is 0.416. The molecule has 4 heterocycles. The van der Waals surface area contributed by atoms with Crippen molar-refractivity contribution in [1.82, 2.24) is 29.5 Å². The molecule has 0 unspecified atom stereocenters. The van der Waals surface area contributed by atoms with E-state index in [0.717, 1.165) is 29.5 Å². The summed E-state index contributed by atoms with van der Waals surface area (Å²) in [5.41, 5.74) is 3.31. The second kappa shape index (κ2) is 11.2. The van der Waals surface area contributed by atoms with E-state index in [1.165, 1.54) is 17.1 Å². The topological polar surface area (TPSA) is 140 Å². The van der Waals surface area contributed by atoms with E-state index in [1.807, 2.05) is 32.0 Å². The minimum atomic E-state index is -3.98. The number of sulfonamides is 1. The van der Waals surface area contributed by atoms with Crippen LogP contribution < -0.4 is 9.46 Å². The minimum absolute atomic E-state index is 0.0158. The Morgan fingerprint density at radius 2 is 1.90 bits per heavy atom. The van der Waals surface area contributed by atoms with Crippen LogP contribution in [0.3, 0.4) is 0 Å². The highest BCUT2D eigenvalue weighted by atomic mass is 32.2. The number of nitrogens with zero attached hydrogens (tertiary/aromatic N) is 6.